The molecule has 0 aliphatic carbocycles. The average molecular weight is 370 g/mol. The first-order valence-corrected chi connectivity index (χ1v) is 9.52. The molecule has 154 valence electrons. The van der Waals surface area contributed by atoms with Crippen LogP contribution in [-0.4, -0.2) is 35.0 Å². The highest BCUT2D eigenvalue weighted by Crippen LogP contribution is 2.09. The molecule has 0 atom stereocenters. The molecule has 1 aromatic rings. The van der Waals surface area contributed by atoms with Crippen molar-refractivity contribution in [2.75, 3.05) is 13.2 Å². The summed E-state index contributed by atoms with van der Waals surface area (Å²) in [4.78, 5) is 4.16. The highest BCUT2D eigenvalue weighted by atomic mass is 16.5. The van der Waals surface area contributed by atoms with Crippen molar-refractivity contribution in [3.63, 3.8) is 0 Å². The van der Waals surface area contributed by atoms with E-state index in [4.69, 9.17) is 14.2 Å². The van der Waals surface area contributed by atoms with E-state index in [1.807, 2.05) is 52.8 Å². The van der Waals surface area contributed by atoms with Crippen LogP contribution in [-0.2, 0) is 20.8 Å². The number of aromatic nitrogens is 1. The molecule has 4 heteroatoms. The molecule has 26 heavy (non-hydrogen) atoms. The minimum atomic E-state index is -0.0858. The molecule has 0 aliphatic heterocycles. The molecule has 4 nitrogen and oxygen atoms in total. The van der Waals surface area contributed by atoms with Gasteiger partial charge in [0.05, 0.1) is 29.1 Å². The zero-order valence-electron chi connectivity index (χ0n) is 19.1. The fourth-order valence-electron chi connectivity index (χ4n) is 1.64. The Balaban J connectivity index is 0. The van der Waals surface area contributed by atoms with Crippen molar-refractivity contribution >= 4 is 0 Å². The molecule has 0 saturated carbocycles. The van der Waals surface area contributed by atoms with Gasteiger partial charge < -0.3 is 14.2 Å². The van der Waals surface area contributed by atoms with Gasteiger partial charge in [-0.3, -0.25) is 4.98 Å². The van der Waals surface area contributed by atoms with Gasteiger partial charge in [0.15, 0.2) is 0 Å². The first-order chi connectivity index (χ1) is 11.7. The van der Waals surface area contributed by atoms with Crippen LogP contribution in [0.3, 0.4) is 0 Å². The van der Waals surface area contributed by atoms with Gasteiger partial charge in [-0.05, 0) is 88.3 Å². The lowest BCUT2D eigenvalue weighted by Crippen LogP contribution is -2.18. The Bertz CT molecular complexity index is 409. The van der Waals surface area contributed by atoms with Crippen molar-refractivity contribution in [1.82, 2.24) is 4.98 Å². The zero-order chi connectivity index (χ0) is 20.9. The standard InChI is InChI=1S/C10H15NO.2C6H14O/c1-10(2,3)12-8-9-6-4-5-7-11-9;2*1-5-7-6(2,3)4/h4-7H,8H2,1-3H3;2*5H2,1-4H3. The smallest absolute Gasteiger partial charge is 0.0894 e. The van der Waals surface area contributed by atoms with Crippen LogP contribution in [0, 0.1) is 0 Å². The summed E-state index contributed by atoms with van der Waals surface area (Å²) in [6.45, 7) is 24.6. The topological polar surface area (TPSA) is 40.6 Å². The third-order valence-corrected chi connectivity index (χ3v) is 2.53. The Labute approximate surface area is 162 Å². The Kier molecular flexibility index (Phi) is 13.9. The van der Waals surface area contributed by atoms with E-state index in [0.717, 1.165) is 18.9 Å². The van der Waals surface area contributed by atoms with E-state index in [-0.39, 0.29) is 16.8 Å². The Hall–Kier alpha value is -0.970. The number of nitrogens with zero attached hydrogens (tertiary/aromatic N) is 1. The molecule has 0 aromatic carbocycles. The third kappa shape index (κ3) is 25.3. The maximum atomic E-state index is 5.55. The van der Waals surface area contributed by atoms with Crippen LogP contribution >= 0.6 is 0 Å². The average Bonchev–Trinajstić information content (AvgIpc) is 2.44. The fraction of sp³-hybridized carbons (Fsp3) is 0.773. The van der Waals surface area contributed by atoms with E-state index in [1.165, 1.54) is 0 Å². The van der Waals surface area contributed by atoms with Gasteiger partial charge in [-0.25, -0.2) is 0 Å². The van der Waals surface area contributed by atoms with Gasteiger partial charge in [0.25, 0.3) is 0 Å². The number of hydrogen-bond acceptors (Lipinski definition) is 4. The second-order valence-corrected chi connectivity index (χ2v) is 8.81. The second kappa shape index (κ2) is 13.2. The quantitative estimate of drug-likeness (QED) is 0.649. The molecular weight excluding hydrogens is 326 g/mol. The largest absolute Gasteiger partial charge is 0.376 e. The second-order valence-electron chi connectivity index (χ2n) is 8.81. The summed E-state index contributed by atoms with van der Waals surface area (Å²) in [5.41, 5.74) is 0.994. The molecule has 0 aliphatic rings. The first-order valence-electron chi connectivity index (χ1n) is 9.52. The number of rotatable bonds is 4. The number of ether oxygens (including phenoxy) is 3. The lowest BCUT2D eigenvalue weighted by molar-refractivity contribution is -0.0164. The van der Waals surface area contributed by atoms with Crippen LogP contribution < -0.4 is 0 Å². The van der Waals surface area contributed by atoms with Crippen LogP contribution in [0.4, 0.5) is 0 Å². The van der Waals surface area contributed by atoms with Crippen LogP contribution in [0.1, 0.15) is 81.9 Å². The summed E-state index contributed by atoms with van der Waals surface area (Å²) in [6, 6.07) is 5.83. The van der Waals surface area contributed by atoms with Crippen LogP contribution in [0.5, 0.6) is 0 Å². The van der Waals surface area contributed by atoms with Gasteiger partial charge >= 0.3 is 0 Å². The highest BCUT2D eigenvalue weighted by Gasteiger charge is 2.10. The van der Waals surface area contributed by atoms with Crippen LogP contribution in [0.25, 0.3) is 0 Å². The molecule has 0 bridgehead atoms. The van der Waals surface area contributed by atoms with Gasteiger partial charge in [0.2, 0.25) is 0 Å². The molecule has 0 spiro atoms. The minimum Gasteiger partial charge on any atom is -0.376 e. The van der Waals surface area contributed by atoms with Crippen molar-refractivity contribution in [3.05, 3.63) is 30.1 Å². The van der Waals surface area contributed by atoms with E-state index >= 15 is 0 Å². The molecule has 0 unspecified atom stereocenters. The van der Waals surface area contributed by atoms with Gasteiger partial charge in [0.1, 0.15) is 0 Å². The van der Waals surface area contributed by atoms with Crippen molar-refractivity contribution in [2.45, 2.75) is 99.6 Å². The number of hydrogen-bond donors (Lipinski definition) is 0. The minimum absolute atomic E-state index is 0.0503. The fourth-order valence-corrected chi connectivity index (χ4v) is 1.64. The molecular formula is C22H43NO3. The van der Waals surface area contributed by atoms with Crippen molar-refractivity contribution in [1.29, 1.82) is 0 Å². The van der Waals surface area contributed by atoms with Crippen molar-refractivity contribution < 1.29 is 14.2 Å². The lowest BCUT2D eigenvalue weighted by Gasteiger charge is -2.18. The predicted octanol–water partition coefficient (Wildman–Crippen LogP) is 6.04. The lowest BCUT2D eigenvalue weighted by atomic mass is 10.2. The van der Waals surface area contributed by atoms with Crippen molar-refractivity contribution in [2.24, 2.45) is 0 Å². The molecule has 0 fully saturated rings. The van der Waals surface area contributed by atoms with Gasteiger partial charge in [0, 0.05) is 19.4 Å². The molecule has 0 N–H and O–H groups in total. The summed E-state index contributed by atoms with van der Waals surface area (Å²) in [5, 5.41) is 0. The number of pyridine rings is 1. The first kappa shape index (κ1) is 27.3. The third-order valence-electron chi connectivity index (χ3n) is 2.53. The Morgan fingerprint density at radius 1 is 0.692 bits per heavy atom. The van der Waals surface area contributed by atoms with Gasteiger partial charge in [-0.15, -0.1) is 0 Å². The SMILES string of the molecule is CC(C)(C)OCc1ccccn1.CCOC(C)(C)C.CCOC(C)(C)C. The summed E-state index contributed by atoms with van der Waals surface area (Å²) in [7, 11) is 0. The highest BCUT2D eigenvalue weighted by molar-refractivity contribution is 5.02. The molecule has 0 radical (unpaired) electrons. The summed E-state index contributed by atoms with van der Waals surface area (Å²) >= 11 is 0. The van der Waals surface area contributed by atoms with Gasteiger partial charge in [-0.1, -0.05) is 6.07 Å². The van der Waals surface area contributed by atoms with E-state index in [2.05, 4.69) is 46.5 Å². The summed E-state index contributed by atoms with van der Waals surface area (Å²) in [5.74, 6) is 0. The Morgan fingerprint density at radius 3 is 1.35 bits per heavy atom. The molecule has 0 amide bonds. The molecule has 0 saturated heterocycles. The van der Waals surface area contributed by atoms with E-state index in [0.29, 0.717) is 6.61 Å². The Morgan fingerprint density at radius 2 is 1.12 bits per heavy atom. The van der Waals surface area contributed by atoms with Gasteiger partial charge in [-0.2, -0.15) is 0 Å². The van der Waals surface area contributed by atoms with Crippen molar-refractivity contribution in [3.8, 4) is 0 Å². The van der Waals surface area contributed by atoms with Crippen LogP contribution in [0.15, 0.2) is 24.4 Å². The van der Waals surface area contributed by atoms with Crippen LogP contribution in [0.2, 0.25) is 0 Å². The zero-order valence-corrected chi connectivity index (χ0v) is 19.1. The van der Waals surface area contributed by atoms with E-state index in [1.54, 1.807) is 6.20 Å². The summed E-state index contributed by atoms with van der Waals surface area (Å²) in [6.07, 6.45) is 1.78. The van der Waals surface area contributed by atoms with E-state index in [9.17, 15) is 0 Å². The van der Waals surface area contributed by atoms with E-state index < -0.39 is 0 Å². The summed E-state index contributed by atoms with van der Waals surface area (Å²) < 4.78 is 16.0. The maximum absolute atomic E-state index is 5.55. The normalized spacial score (nSPS) is 11.8. The monoisotopic (exact) mass is 369 g/mol. The molecule has 1 heterocycles. The predicted molar refractivity (Wildman–Crippen MR) is 112 cm³/mol. The molecule has 1 rings (SSSR count). The maximum Gasteiger partial charge on any atom is 0.0894 e. The molecule has 1 aromatic heterocycles.